The molecule has 1 heterocycles. The Morgan fingerprint density at radius 1 is 0.551 bits per heavy atom. The number of carbonyl (C=O) groups is 1. The SMILES string of the molecule is COc1ccc(COC[C@]2(S)OC(=O)[C@H](OCc3ccc(OC)cc3)[C@@H](OCc3ccc(OC)cc3)[C@@H]2OCc2ccc(OC)cc2)cc1. The largest absolute Gasteiger partial charge is 0.497 e. The first-order valence-electron chi connectivity index (χ1n) is 15.7. The lowest BCUT2D eigenvalue weighted by Crippen LogP contribution is -2.64. The van der Waals surface area contributed by atoms with E-state index in [9.17, 15) is 4.79 Å². The fourth-order valence-corrected chi connectivity index (χ4v) is 5.68. The van der Waals surface area contributed by atoms with Crippen molar-refractivity contribution in [1.29, 1.82) is 0 Å². The zero-order valence-corrected chi connectivity index (χ0v) is 28.9. The highest BCUT2D eigenvalue weighted by Crippen LogP contribution is 2.37. The van der Waals surface area contributed by atoms with E-state index in [1.165, 1.54) is 0 Å². The second-order valence-corrected chi connectivity index (χ2v) is 12.1. The van der Waals surface area contributed by atoms with Crippen LogP contribution < -0.4 is 18.9 Å². The molecule has 4 atom stereocenters. The minimum atomic E-state index is -1.53. The van der Waals surface area contributed by atoms with Crippen LogP contribution in [0.5, 0.6) is 23.0 Å². The van der Waals surface area contributed by atoms with Gasteiger partial charge in [0, 0.05) is 0 Å². The van der Waals surface area contributed by atoms with Gasteiger partial charge in [0.2, 0.25) is 4.93 Å². The molecule has 1 aliphatic heterocycles. The number of thiol groups is 1. The average molecular weight is 691 g/mol. The van der Waals surface area contributed by atoms with Crippen molar-refractivity contribution in [2.24, 2.45) is 0 Å². The fraction of sp³-hybridized carbons (Fsp3) is 0.342. The Hall–Kier alpha value is -4.26. The Balaban J connectivity index is 1.41. The molecule has 0 aliphatic carbocycles. The van der Waals surface area contributed by atoms with E-state index in [0.29, 0.717) is 5.75 Å². The van der Waals surface area contributed by atoms with Gasteiger partial charge in [-0.2, -0.15) is 0 Å². The maximum absolute atomic E-state index is 13.8. The smallest absolute Gasteiger partial charge is 0.339 e. The van der Waals surface area contributed by atoms with Gasteiger partial charge < -0.3 is 42.6 Å². The van der Waals surface area contributed by atoms with Crippen molar-refractivity contribution in [3.8, 4) is 23.0 Å². The summed E-state index contributed by atoms with van der Waals surface area (Å²) in [5.74, 6) is 2.25. The van der Waals surface area contributed by atoms with E-state index < -0.39 is 29.2 Å². The maximum Gasteiger partial charge on any atom is 0.339 e. The van der Waals surface area contributed by atoms with E-state index in [1.54, 1.807) is 28.4 Å². The molecule has 10 nitrogen and oxygen atoms in total. The summed E-state index contributed by atoms with van der Waals surface area (Å²) >= 11 is 4.93. The molecule has 0 bridgehead atoms. The molecule has 0 saturated carbocycles. The minimum absolute atomic E-state index is 0.0885. The summed E-state index contributed by atoms with van der Waals surface area (Å²) < 4.78 is 52.6. The highest BCUT2D eigenvalue weighted by atomic mass is 32.1. The zero-order valence-electron chi connectivity index (χ0n) is 28.0. The monoisotopic (exact) mass is 690 g/mol. The van der Waals surface area contributed by atoms with Gasteiger partial charge in [0.15, 0.2) is 6.10 Å². The van der Waals surface area contributed by atoms with E-state index in [2.05, 4.69) is 0 Å². The van der Waals surface area contributed by atoms with Gasteiger partial charge in [0.1, 0.15) is 35.2 Å². The Bertz CT molecular complexity index is 1600. The highest BCUT2D eigenvalue weighted by molar-refractivity contribution is 7.81. The quantitative estimate of drug-likeness (QED) is 0.102. The van der Waals surface area contributed by atoms with Crippen LogP contribution in [0.2, 0.25) is 0 Å². The molecule has 4 aromatic rings. The fourth-order valence-electron chi connectivity index (χ4n) is 5.28. The van der Waals surface area contributed by atoms with Gasteiger partial charge in [-0.3, -0.25) is 0 Å². The van der Waals surface area contributed by atoms with Gasteiger partial charge in [-0.1, -0.05) is 48.5 Å². The summed E-state index contributed by atoms with van der Waals surface area (Å²) in [5.41, 5.74) is 3.48. The Morgan fingerprint density at radius 3 is 1.33 bits per heavy atom. The number of hydrogen-bond donors (Lipinski definition) is 1. The second-order valence-electron chi connectivity index (χ2n) is 11.4. The van der Waals surface area contributed by atoms with Crippen molar-refractivity contribution in [2.75, 3.05) is 35.0 Å². The normalized spacial score (nSPS) is 20.3. The number of ether oxygens (including phenoxy) is 9. The first kappa shape index (κ1) is 36.0. The van der Waals surface area contributed by atoms with Gasteiger partial charge in [-0.05, 0) is 70.8 Å². The molecule has 1 aliphatic rings. The van der Waals surface area contributed by atoms with Crippen LogP contribution in [0.4, 0.5) is 0 Å². The van der Waals surface area contributed by atoms with Crippen LogP contribution in [0, 0.1) is 0 Å². The molecule has 1 saturated heterocycles. The standard InChI is InChI=1S/C38H42O10S/c1-40-30-13-5-26(6-14-30)21-44-25-38(49)36(47-24-29-11-19-33(43-4)20-12-29)34(45-22-27-7-15-31(41-2)16-8-27)35(37(39)48-38)46-23-28-9-17-32(42-3)18-10-28/h5-20,34-36,49H,21-25H2,1-4H3/t34-,35-,36+,38-/m1/s1. The molecule has 0 amide bonds. The number of benzene rings is 4. The molecule has 5 rings (SSSR count). The predicted molar refractivity (Wildman–Crippen MR) is 185 cm³/mol. The third kappa shape index (κ3) is 9.68. The molecule has 11 heteroatoms. The number of rotatable bonds is 17. The van der Waals surface area contributed by atoms with Crippen molar-refractivity contribution in [3.63, 3.8) is 0 Å². The van der Waals surface area contributed by atoms with Crippen LogP contribution in [0.1, 0.15) is 22.3 Å². The summed E-state index contributed by atoms with van der Waals surface area (Å²) in [6, 6.07) is 29.9. The summed E-state index contributed by atoms with van der Waals surface area (Å²) in [5, 5.41) is 0. The van der Waals surface area contributed by atoms with E-state index >= 15 is 0 Å². The van der Waals surface area contributed by atoms with Crippen LogP contribution in [0.15, 0.2) is 97.1 Å². The van der Waals surface area contributed by atoms with Crippen molar-refractivity contribution >= 4 is 18.6 Å². The zero-order chi connectivity index (χ0) is 34.6. The molecular weight excluding hydrogens is 648 g/mol. The maximum atomic E-state index is 13.8. The van der Waals surface area contributed by atoms with E-state index in [4.69, 9.17) is 55.3 Å². The molecule has 1 fully saturated rings. The summed E-state index contributed by atoms with van der Waals surface area (Å²) in [6.45, 7) is 0.591. The molecule has 0 radical (unpaired) electrons. The van der Waals surface area contributed by atoms with Crippen LogP contribution in [0.25, 0.3) is 0 Å². The summed E-state index contributed by atoms with van der Waals surface area (Å²) in [4.78, 5) is 12.3. The molecule has 0 spiro atoms. The van der Waals surface area contributed by atoms with Gasteiger partial charge in [-0.15, -0.1) is 12.6 Å². The van der Waals surface area contributed by atoms with Gasteiger partial charge in [-0.25, -0.2) is 4.79 Å². The van der Waals surface area contributed by atoms with Crippen molar-refractivity contribution in [2.45, 2.75) is 49.7 Å². The number of esters is 1. The number of cyclic esters (lactones) is 1. The highest BCUT2D eigenvalue weighted by Gasteiger charge is 2.56. The lowest BCUT2D eigenvalue weighted by atomic mass is 9.97. The second kappa shape index (κ2) is 17.4. The number of carbonyl (C=O) groups excluding carboxylic acids is 1. The van der Waals surface area contributed by atoms with Crippen LogP contribution in [0.3, 0.4) is 0 Å². The topological polar surface area (TPSA) is 100 Å². The minimum Gasteiger partial charge on any atom is -0.497 e. The van der Waals surface area contributed by atoms with Crippen molar-refractivity contribution < 1.29 is 47.4 Å². The summed E-state index contributed by atoms with van der Waals surface area (Å²) in [7, 11) is 6.43. The van der Waals surface area contributed by atoms with Gasteiger partial charge in [0.25, 0.3) is 0 Å². The van der Waals surface area contributed by atoms with E-state index in [-0.39, 0.29) is 33.0 Å². The van der Waals surface area contributed by atoms with Gasteiger partial charge in [0.05, 0.1) is 61.5 Å². The molecular formula is C38H42O10S. The molecule has 260 valence electrons. The molecule has 49 heavy (non-hydrogen) atoms. The number of methoxy groups -OCH3 is 4. The molecule has 4 aromatic carbocycles. The third-order valence-electron chi connectivity index (χ3n) is 8.07. The molecule has 0 aromatic heterocycles. The average Bonchev–Trinajstić information content (AvgIpc) is 3.14. The van der Waals surface area contributed by atoms with Crippen molar-refractivity contribution in [3.05, 3.63) is 119 Å². The van der Waals surface area contributed by atoms with Crippen LogP contribution >= 0.6 is 12.6 Å². The van der Waals surface area contributed by atoms with Gasteiger partial charge >= 0.3 is 5.97 Å². The van der Waals surface area contributed by atoms with Crippen LogP contribution in [-0.4, -0.2) is 64.3 Å². The predicted octanol–water partition coefficient (Wildman–Crippen LogP) is 6.18. The first-order chi connectivity index (χ1) is 23.8. The van der Waals surface area contributed by atoms with E-state index in [1.807, 2.05) is 97.1 Å². The summed E-state index contributed by atoms with van der Waals surface area (Å²) in [6.07, 6.45) is -2.98. The lowest BCUT2D eigenvalue weighted by molar-refractivity contribution is -0.247. The Kier molecular flexibility index (Phi) is 12.8. The third-order valence-corrected chi connectivity index (χ3v) is 8.54. The molecule has 0 N–H and O–H groups in total. The molecule has 0 unspecified atom stereocenters. The first-order valence-corrected chi connectivity index (χ1v) is 16.2. The Labute approximate surface area is 292 Å². The number of hydrogen-bond acceptors (Lipinski definition) is 11. The van der Waals surface area contributed by atoms with Crippen molar-refractivity contribution in [1.82, 2.24) is 0 Å². The lowest BCUT2D eigenvalue weighted by Gasteiger charge is -2.46. The van der Waals surface area contributed by atoms with E-state index in [0.717, 1.165) is 39.5 Å². The van der Waals surface area contributed by atoms with Crippen LogP contribution in [-0.2, 0) is 54.9 Å². The Morgan fingerprint density at radius 2 is 0.918 bits per heavy atom.